The summed E-state index contributed by atoms with van der Waals surface area (Å²) in [5.74, 6) is 1.54. The highest BCUT2D eigenvalue weighted by atomic mass is 16.1. The lowest BCUT2D eigenvalue weighted by Gasteiger charge is -2.32. The second kappa shape index (κ2) is 8.53. The molecule has 3 aromatic rings. The molecule has 6 nitrogen and oxygen atoms in total. The third kappa shape index (κ3) is 4.07. The minimum atomic E-state index is -0.0804. The first-order valence-electron chi connectivity index (χ1n) is 11.0. The molecule has 0 radical (unpaired) electrons. The maximum absolute atomic E-state index is 13.5. The van der Waals surface area contributed by atoms with Gasteiger partial charge in [-0.3, -0.25) is 4.79 Å². The number of benzene rings is 1. The largest absolute Gasteiger partial charge is 0.362 e. The van der Waals surface area contributed by atoms with E-state index >= 15 is 0 Å². The van der Waals surface area contributed by atoms with Gasteiger partial charge in [0, 0.05) is 23.5 Å². The van der Waals surface area contributed by atoms with Crippen LogP contribution in [0.2, 0.25) is 0 Å². The molecular weight excluding hydrogens is 386 g/mol. The number of pyridine rings is 1. The van der Waals surface area contributed by atoms with E-state index in [1.54, 1.807) is 6.33 Å². The van der Waals surface area contributed by atoms with Crippen molar-refractivity contribution < 1.29 is 0 Å². The molecule has 1 aliphatic rings. The molecule has 2 N–H and O–H groups in total. The summed E-state index contributed by atoms with van der Waals surface area (Å²) in [6.07, 6.45) is 6.78. The summed E-state index contributed by atoms with van der Waals surface area (Å²) in [5.41, 5.74) is 4.26. The Hall–Kier alpha value is -3.15. The average Bonchev–Trinajstić information content (AvgIpc) is 2.69. The van der Waals surface area contributed by atoms with Crippen molar-refractivity contribution in [1.29, 1.82) is 0 Å². The van der Waals surface area contributed by atoms with Crippen LogP contribution in [0.5, 0.6) is 0 Å². The fourth-order valence-electron chi connectivity index (χ4n) is 4.16. The third-order valence-electron chi connectivity index (χ3n) is 6.14. The molecule has 0 spiro atoms. The summed E-state index contributed by atoms with van der Waals surface area (Å²) in [6.45, 7) is 10.2. The van der Waals surface area contributed by atoms with Crippen molar-refractivity contribution in [1.82, 2.24) is 14.5 Å². The van der Waals surface area contributed by atoms with Crippen molar-refractivity contribution >= 4 is 22.4 Å². The molecule has 162 valence electrons. The van der Waals surface area contributed by atoms with Gasteiger partial charge in [0.25, 0.3) is 5.56 Å². The summed E-state index contributed by atoms with van der Waals surface area (Å²) in [4.78, 5) is 22.4. The maximum Gasteiger partial charge on any atom is 0.259 e. The van der Waals surface area contributed by atoms with Crippen molar-refractivity contribution in [2.75, 3.05) is 10.6 Å². The van der Waals surface area contributed by atoms with Gasteiger partial charge in [-0.05, 0) is 70.9 Å². The molecule has 1 saturated carbocycles. The molecule has 6 heteroatoms. The highest BCUT2D eigenvalue weighted by Gasteiger charge is 2.26. The van der Waals surface area contributed by atoms with Crippen LogP contribution in [0.3, 0.4) is 0 Å². The van der Waals surface area contributed by atoms with E-state index in [1.165, 1.54) is 6.42 Å². The Morgan fingerprint density at radius 3 is 2.61 bits per heavy atom. The number of nitrogens with one attached hydrogen (secondary N) is 2. The van der Waals surface area contributed by atoms with Crippen molar-refractivity contribution in [3.63, 3.8) is 0 Å². The summed E-state index contributed by atoms with van der Waals surface area (Å²) in [6, 6.07) is 8.42. The number of nitrogens with zero attached hydrogens (tertiary/aromatic N) is 3. The molecule has 1 fully saturated rings. The Morgan fingerprint density at radius 1 is 1.19 bits per heavy atom. The van der Waals surface area contributed by atoms with E-state index < -0.39 is 0 Å². The van der Waals surface area contributed by atoms with Gasteiger partial charge >= 0.3 is 0 Å². The minimum Gasteiger partial charge on any atom is -0.362 e. The second-order valence-electron chi connectivity index (χ2n) is 8.80. The molecule has 31 heavy (non-hydrogen) atoms. The molecule has 2 heterocycles. The summed E-state index contributed by atoms with van der Waals surface area (Å²) in [7, 11) is 0. The number of fused-ring (bicyclic) bond motifs is 1. The van der Waals surface area contributed by atoms with Crippen LogP contribution < -0.4 is 16.2 Å². The molecular formula is C25H31N5O. The van der Waals surface area contributed by atoms with Crippen LogP contribution in [-0.4, -0.2) is 14.5 Å². The van der Waals surface area contributed by atoms with E-state index in [2.05, 4.69) is 33.6 Å². The summed E-state index contributed by atoms with van der Waals surface area (Å²) >= 11 is 0. The molecule has 1 aromatic carbocycles. The maximum atomic E-state index is 13.5. The van der Waals surface area contributed by atoms with Gasteiger partial charge in [-0.1, -0.05) is 23.8 Å². The first-order valence-corrected chi connectivity index (χ1v) is 11.0. The predicted molar refractivity (Wildman–Crippen MR) is 128 cm³/mol. The normalized spacial score (nSPS) is 14.7. The van der Waals surface area contributed by atoms with E-state index in [9.17, 15) is 4.79 Å². The van der Waals surface area contributed by atoms with E-state index in [1.807, 2.05) is 56.7 Å². The number of anilines is 2. The predicted octanol–water partition coefficient (Wildman–Crippen LogP) is 5.64. The van der Waals surface area contributed by atoms with Gasteiger partial charge < -0.3 is 15.2 Å². The van der Waals surface area contributed by atoms with Gasteiger partial charge in [0.2, 0.25) is 0 Å². The van der Waals surface area contributed by atoms with E-state index in [4.69, 9.17) is 0 Å². The lowest BCUT2D eigenvalue weighted by atomic mass is 9.91. The molecule has 4 rings (SSSR count). The number of hydrogen-bond acceptors (Lipinski definition) is 5. The molecule has 1 aliphatic carbocycles. The van der Waals surface area contributed by atoms with E-state index in [-0.39, 0.29) is 17.6 Å². The Morgan fingerprint density at radius 2 is 1.94 bits per heavy atom. The van der Waals surface area contributed by atoms with Gasteiger partial charge in [0.1, 0.15) is 18.0 Å². The summed E-state index contributed by atoms with van der Waals surface area (Å²) in [5, 5.41) is 8.60. The molecule has 0 aliphatic heterocycles. The molecule has 0 saturated heterocycles. The zero-order valence-corrected chi connectivity index (χ0v) is 19.0. The van der Waals surface area contributed by atoms with Crippen LogP contribution >= 0.6 is 0 Å². The fourth-order valence-corrected chi connectivity index (χ4v) is 4.16. The number of allylic oxidation sites excluding steroid dienone is 1. The van der Waals surface area contributed by atoms with Gasteiger partial charge in [0.15, 0.2) is 0 Å². The Kier molecular flexibility index (Phi) is 5.81. The van der Waals surface area contributed by atoms with E-state index in [0.717, 1.165) is 57.6 Å². The topological polar surface area (TPSA) is 71.8 Å². The first kappa shape index (κ1) is 21.1. The van der Waals surface area contributed by atoms with Crippen LogP contribution in [-0.2, 0) is 0 Å². The van der Waals surface area contributed by atoms with Crippen LogP contribution in [0.15, 0.2) is 47.2 Å². The Bertz CT molecular complexity index is 1200. The SMILES string of the molecule is CC(C)=CNc1ncnc(N[C@@H](C)c2cc3cccc(C)c3c(=O)n2C2CCC2)c1C. The lowest BCUT2D eigenvalue weighted by Crippen LogP contribution is -2.33. The first-order chi connectivity index (χ1) is 14.9. The molecule has 1 atom stereocenters. The molecule has 0 amide bonds. The second-order valence-corrected chi connectivity index (χ2v) is 8.80. The highest BCUT2D eigenvalue weighted by molar-refractivity contribution is 5.85. The Balaban J connectivity index is 1.75. The number of aromatic nitrogens is 3. The number of hydrogen-bond donors (Lipinski definition) is 2. The highest BCUT2D eigenvalue weighted by Crippen LogP contribution is 2.35. The van der Waals surface area contributed by atoms with Crippen LogP contribution in [0.25, 0.3) is 10.8 Å². The zero-order chi connectivity index (χ0) is 22.1. The number of aryl methyl sites for hydroxylation is 1. The van der Waals surface area contributed by atoms with Gasteiger partial charge in [-0.25, -0.2) is 9.97 Å². The van der Waals surface area contributed by atoms with Crippen LogP contribution in [0.4, 0.5) is 11.6 Å². The molecule has 0 bridgehead atoms. The van der Waals surface area contributed by atoms with Gasteiger partial charge in [-0.2, -0.15) is 0 Å². The lowest BCUT2D eigenvalue weighted by molar-refractivity contribution is 0.298. The standard InChI is InChI=1S/C25H31N5O/c1-15(2)13-26-23-17(4)24(28-14-27-23)29-18(5)21-12-19-9-6-8-16(3)22(19)25(31)30(21)20-10-7-11-20/h6,8-9,12-14,18,20H,7,10-11H2,1-5H3,(H2,26,27,28,29)/t18-/m0/s1. The zero-order valence-electron chi connectivity index (χ0n) is 19.0. The van der Waals surface area contributed by atoms with Crippen molar-refractivity contribution in [3.8, 4) is 0 Å². The number of rotatable bonds is 6. The smallest absolute Gasteiger partial charge is 0.259 e. The van der Waals surface area contributed by atoms with Crippen LogP contribution in [0, 0.1) is 13.8 Å². The quantitative estimate of drug-likeness (QED) is 0.543. The van der Waals surface area contributed by atoms with Crippen molar-refractivity contribution in [3.05, 3.63) is 69.5 Å². The third-order valence-corrected chi connectivity index (χ3v) is 6.14. The van der Waals surface area contributed by atoms with E-state index in [0.29, 0.717) is 0 Å². The minimum absolute atomic E-state index is 0.0804. The van der Waals surface area contributed by atoms with Crippen molar-refractivity contribution in [2.24, 2.45) is 0 Å². The van der Waals surface area contributed by atoms with Gasteiger partial charge in [-0.15, -0.1) is 0 Å². The average molecular weight is 418 g/mol. The molecule has 2 aromatic heterocycles. The monoisotopic (exact) mass is 417 g/mol. The fraction of sp³-hybridized carbons (Fsp3) is 0.400. The van der Waals surface area contributed by atoms with Crippen molar-refractivity contribution in [2.45, 2.75) is 66.0 Å². The molecule has 0 unspecified atom stereocenters. The van der Waals surface area contributed by atoms with Gasteiger partial charge in [0.05, 0.1) is 11.4 Å². The van der Waals surface area contributed by atoms with Crippen LogP contribution in [0.1, 0.15) is 68.9 Å². The Labute approximate surface area is 183 Å². The summed E-state index contributed by atoms with van der Waals surface area (Å²) < 4.78 is 2.02.